The fourth-order valence-electron chi connectivity index (χ4n) is 3.08. The van der Waals surface area contributed by atoms with Crippen LogP contribution in [0.4, 0.5) is 0 Å². The van der Waals surface area contributed by atoms with Crippen molar-refractivity contribution in [1.82, 2.24) is 9.21 Å². The molecule has 1 aromatic carbocycles. The minimum Gasteiger partial charge on any atom is -0.480 e. The van der Waals surface area contributed by atoms with E-state index >= 15 is 0 Å². The Kier molecular flexibility index (Phi) is 7.34. The molecule has 1 atom stereocenters. The smallest absolute Gasteiger partial charge is 0.323 e. The number of benzene rings is 1. The molecule has 0 spiro atoms. The highest BCUT2D eigenvalue weighted by molar-refractivity contribution is 7.89. The van der Waals surface area contributed by atoms with Gasteiger partial charge in [0.1, 0.15) is 6.54 Å². The number of piperidine rings is 1. The van der Waals surface area contributed by atoms with Crippen LogP contribution >= 0.6 is 0 Å². The van der Waals surface area contributed by atoms with E-state index in [0.29, 0.717) is 19.0 Å². The monoisotopic (exact) mass is 398 g/mol. The zero-order chi connectivity index (χ0) is 20.0. The Labute approximate surface area is 159 Å². The Morgan fingerprint density at radius 3 is 2.52 bits per heavy atom. The zero-order valence-electron chi connectivity index (χ0n) is 15.6. The molecule has 27 heavy (non-hydrogen) atoms. The van der Waals surface area contributed by atoms with Crippen molar-refractivity contribution in [3.63, 3.8) is 0 Å². The highest BCUT2D eigenvalue weighted by atomic mass is 32.2. The summed E-state index contributed by atoms with van der Waals surface area (Å²) in [5, 5.41) is 8.98. The summed E-state index contributed by atoms with van der Waals surface area (Å²) in [5.41, 5.74) is 0.235. The van der Waals surface area contributed by atoms with Gasteiger partial charge in [0.15, 0.2) is 0 Å². The average Bonchev–Trinajstić information content (AvgIpc) is 2.64. The van der Waals surface area contributed by atoms with Gasteiger partial charge in [-0.05, 0) is 43.0 Å². The van der Waals surface area contributed by atoms with Gasteiger partial charge in [0.05, 0.1) is 11.5 Å². The molecule has 1 unspecified atom stereocenters. The lowest BCUT2D eigenvalue weighted by molar-refractivity contribution is -0.137. The Bertz CT molecular complexity index is 763. The summed E-state index contributed by atoms with van der Waals surface area (Å²) in [6.45, 7) is 2.91. The number of carbonyl (C=O) groups excluding carboxylic acids is 1. The van der Waals surface area contributed by atoms with Gasteiger partial charge in [0, 0.05) is 32.3 Å². The molecule has 1 N–H and O–H groups in total. The van der Waals surface area contributed by atoms with Gasteiger partial charge in [0.25, 0.3) is 5.91 Å². The van der Waals surface area contributed by atoms with E-state index in [1.165, 1.54) is 35.7 Å². The summed E-state index contributed by atoms with van der Waals surface area (Å²) in [7, 11) is -2.13. The lowest BCUT2D eigenvalue weighted by Gasteiger charge is -2.30. The number of hydrogen-bond donors (Lipinski definition) is 1. The molecule has 0 aliphatic carbocycles. The third kappa shape index (κ3) is 5.50. The van der Waals surface area contributed by atoms with Crippen molar-refractivity contribution in [2.45, 2.75) is 24.7 Å². The predicted octanol–water partition coefficient (Wildman–Crippen LogP) is 1.28. The largest absolute Gasteiger partial charge is 0.480 e. The first kappa shape index (κ1) is 21.3. The van der Waals surface area contributed by atoms with Crippen LogP contribution in [0.2, 0.25) is 0 Å². The molecular formula is C18H26N2O6S. The molecule has 0 saturated carbocycles. The van der Waals surface area contributed by atoms with E-state index in [-0.39, 0.29) is 23.6 Å². The lowest BCUT2D eigenvalue weighted by atomic mass is 10.0. The van der Waals surface area contributed by atoms with E-state index in [2.05, 4.69) is 0 Å². The van der Waals surface area contributed by atoms with Crippen molar-refractivity contribution in [3.05, 3.63) is 29.8 Å². The molecule has 1 fully saturated rings. The SMILES string of the molecule is COCCN(CC(=O)O)C(=O)c1ccc(S(=O)(=O)N2CCCC(C)C2)cc1. The van der Waals surface area contributed by atoms with Crippen LogP contribution in [0.15, 0.2) is 29.2 Å². The summed E-state index contributed by atoms with van der Waals surface area (Å²) >= 11 is 0. The van der Waals surface area contributed by atoms with Crippen LogP contribution in [0, 0.1) is 5.92 Å². The van der Waals surface area contributed by atoms with Gasteiger partial charge < -0.3 is 14.7 Å². The Morgan fingerprint density at radius 1 is 1.30 bits per heavy atom. The molecule has 8 nitrogen and oxygen atoms in total. The molecule has 1 aliphatic heterocycles. The van der Waals surface area contributed by atoms with Crippen LogP contribution < -0.4 is 0 Å². The molecule has 0 bridgehead atoms. The molecular weight excluding hydrogens is 372 g/mol. The average molecular weight is 398 g/mol. The van der Waals surface area contributed by atoms with Crippen LogP contribution in [0.1, 0.15) is 30.1 Å². The van der Waals surface area contributed by atoms with Gasteiger partial charge in [-0.2, -0.15) is 4.31 Å². The summed E-state index contributed by atoms with van der Waals surface area (Å²) < 4.78 is 31.9. The van der Waals surface area contributed by atoms with E-state index < -0.39 is 28.4 Å². The van der Waals surface area contributed by atoms with Gasteiger partial charge in [-0.15, -0.1) is 0 Å². The lowest BCUT2D eigenvalue weighted by Crippen LogP contribution is -2.39. The maximum atomic E-state index is 12.8. The second-order valence-corrected chi connectivity index (χ2v) is 8.69. The number of aliphatic carboxylic acids is 1. The number of carboxylic acid groups (broad SMARTS) is 1. The highest BCUT2D eigenvalue weighted by Gasteiger charge is 2.29. The first-order chi connectivity index (χ1) is 12.8. The number of nitrogens with zero attached hydrogens (tertiary/aromatic N) is 2. The van der Waals surface area contributed by atoms with E-state index in [0.717, 1.165) is 17.7 Å². The van der Waals surface area contributed by atoms with E-state index in [1.54, 1.807) is 0 Å². The minimum absolute atomic E-state index is 0.132. The normalized spacial score (nSPS) is 18.2. The number of methoxy groups -OCH3 is 1. The molecule has 0 radical (unpaired) electrons. The van der Waals surface area contributed by atoms with Crippen molar-refractivity contribution < 1.29 is 27.9 Å². The number of carbonyl (C=O) groups is 2. The zero-order valence-corrected chi connectivity index (χ0v) is 16.4. The number of ether oxygens (including phenoxy) is 1. The third-order valence-electron chi connectivity index (χ3n) is 4.54. The van der Waals surface area contributed by atoms with Crippen LogP contribution in [0.3, 0.4) is 0 Å². The summed E-state index contributed by atoms with van der Waals surface area (Å²) in [5.74, 6) is -1.29. The quantitative estimate of drug-likeness (QED) is 0.707. The molecule has 0 aromatic heterocycles. The Hall–Kier alpha value is -1.97. The fourth-order valence-corrected chi connectivity index (χ4v) is 4.68. The minimum atomic E-state index is -3.60. The predicted molar refractivity (Wildman–Crippen MR) is 99.0 cm³/mol. The number of sulfonamides is 1. The van der Waals surface area contributed by atoms with E-state index in [1.807, 2.05) is 6.92 Å². The molecule has 1 saturated heterocycles. The van der Waals surface area contributed by atoms with E-state index in [4.69, 9.17) is 9.84 Å². The summed E-state index contributed by atoms with van der Waals surface area (Å²) in [4.78, 5) is 24.8. The van der Waals surface area contributed by atoms with Gasteiger partial charge in [-0.3, -0.25) is 9.59 Å². The van der Waals surface area contributed by atoms with Crippen molar-refractivity contribution in [2.24, 2.45) is 5.92 Å². The Morgan fingerprint density at radius 2 is 1.96 bits per heavy atom. The third-order valence-corrected chi connectivity index (χ3v) is 6.42. The number of amides is 1. The number of carboxylic acids is 1. The number of rotatable bonds is 8. The van der Waals surface area contributed by atoms with Crippen molar-refractivity contribution in [1.29, 1.82) is 0 Å². The maximum Gasteiger partial charge on any atom is 0.323 e. The van der Waals surface area contributed by atoms with Crippen LogP contribution in [0.5, 0.6) is 0 Å². The highest BCUT2D eigenvalue weighted by Crippen LogP contribution is 2.23. The van der Waals surface area contributed by atoms with E-state index in [9.17, 15) is 18.0 Å². The van der Waals surface area contributed by atoms with Crippen LogP contribution in [-0.4, -0.2) is 74.5 Å². The second-order valence-electron chi connectivity index (χ2n) is 6.75. The molecule has 9 heteroatoms. The summed E-state index contributed by atoms with van der Waals surface area (Å²) in [6.07, 6.45) is 1.85. The Balaban J connectivity index is 2.17. The van der Waals surface area contributed by atoms with Gasteiger partial charge in [0.2, 0.25) is 10.0 Å². The molecule has 150 valence electrons. The van der Waals surface area contributed by atoms with Crippen molar-refractivity contribution in [2.75, 3.05) is 39.9 Å². The standard InChI is InChI=1S/C18H26N2O6S/c1-14-4-3-9-20(12-14)27(24,25)16-7-5-15(6-8-16)18(23)19(10-11-26-2)13-17(21)22/h5-8,14H,3-4,9-13H2,1-2H3,(H,21,22). The maximum absolute atomic E-state index is 12.8. The van der Waals surface area contributed by atoms with Crippen LogP contribution in [0.25, 0.3) is 0 Å². The topological polar surface area (TPSA) is 104 Å². The van der Waals surface area contributed by atoms with Gasteiger partial charge in [-0.1, -0.05) is 6.92 Å². The first-order valence-electron chi connectivity index (χ1n) is 8.86. The summed E-state index contributed by atoms with van der Waals surface area (Å²) in [6, 6.07) is 5.64. The molecule has 1 amide bonds. The van der Waals surface area contributed by atoms with Crippen LogP contribution in [-0.2, 0) is 19.6 Å². The van der Waals surface area contributed by atoms with Gasteiger partial charge >= 0.3 is 5.97 Å². The van der Waals surface area contributed by atoms with Crippen molar-refractivity contribution >= 4 is 21.9 Å². The molecule has 2 rings (SSSR count). The molecule has 1 aliphatic rings. The molecule has 1 heterocycles. The van der Waals surface area contributed by atoms with Gasteiger partial charge in [-0.25, -0.2) is 8.42 Å². The second kappa shape index (κ2) is 9.29. The molecule has 1 aromatic rings. The first-order valence-corrected chi connectivity index (χ1v) is 10.3. The number of hydrogen-bond acceptors (Lipinski definition) is 5. The van der Waals surface area contributed by atoms with Crippen molar-refractivity contribution in [3.8, 4) is 0 Å². The fraction of sp³-hybridized carbons (Fsp3) is 0.556.